The number of pyridine rings is 1. The molecule has 1 aromatic heterocycles. The van der Waals surface area contributed by atoms with Crippen LogP contribution in [0.2, 0.25) is 0 Å². The van der Waals surface area contributed by atoms with E-state index in [4.69, 9.17) is 11.2 Å². The van der Waals surface area contributed by atoms with Crippen LogP contribution in [0.5, 0.6) is 11.5 Å². The fourth-order valence-electron chi connectivity index (χ4n) is 2.85. The van der Waals surface area contributed by atoms with Crippen LogP contribution in [0.3, 0.4) is 0 Å². The molecule has 0 radical (unpaired) electrons. The third kappa shape index (κ3) is 5.41. The van der Waals surface area contributed by atoms with E-state index in [1.807, 2.05) is 19.1 Å². The Hall–Kier alpha value is -3.73. The number of rotatable bonds is 9. The van der Waals surface area contributed by atoms with Crippen molar-refractivity contribution < 1.29 is 14.3 Å². The van der Waals surface area contributed by atoms with Gasteiger partial charge in [-0.05, 0) is 24.6 Å². The minimum atomic E-state index is -0.477. The lowest BCUT2D eigenvalue weighted by atomic mass is 10.0. The first kappa shape index (κ1) is 21.0. The highest BCUT2D eigenvalue weighted by Crippen LogP contribution is 2.37. The predicted molar refractivity (Wildman–Crippen MR) is 112 cm³/mol. The summed E-state index contributed by atoms with van der Waals surface area (Å²) in [5.74, 6) is 3.19. The van der Waals surface area contributed by atoms with Gasteiger partial charge in [-0.2, -0.15) is 10.2 Å². The number of aryl methyl sites for hydroxylation is 1. The molecule has 154 valence electrons. The van der Waals surface area contributed by atoms with E-state index in [2.05, 4.69) is 31.8 Å². The summed E-state index contributed by atoms with van der Waals surface area (Å²) in [6.07, 6.45) is 8.88. The summed E-state index contributed by atoms with van der Waals surface area (Å²) >= 11 is 0. The second kappa shape index (κ2) is 9.18. The number of anilines is 1. The van der Waals surface area contributed by atoms with E-state index in [0.717, 1.165) is 5.56 Å². The molecule has 0 bridgehead atoms. The smallest absolute Gasteiger partial charge is 0.269 e. The van der Waals surface area contributed by atoms with Gasteiger partial charge in [0.1, 0.15) is 17.2 Å². The van der Waals surface area contributed by atoms with E-state index in [9.17, 15) is 9.59 Å². The number of nitrogens with one attached hydrogen (secondary N) is 2. The van der Waals surface area contributed by atoms with Crippen molar-refractivity contribution in [1.82, 2.24) is 10.3 Å². The molecule has 0 saturated heterocycles. The number of carbonyl (C=O) groups excluding carboxylic acids is 2. The molecule has 8 nitrogen and oxygen atoms in total. The number of amides is 2. The summed E-state index contributed by atoms with van der Waals surface area (Å²) in [4.78, 5) is 28.1. The molecular formula is C22H23N5O3. The van der Waals surface area contributed by atoms with Crippen LogP contribution < -0.4 is 15.4 Å². The Morgan fingerprint density at radius 2 is 2.00 bits per heavy atom. The largest absolute Gasteiger partial charge is 0.457 e. The van der Waals surface area contributed by atoms with Crippen molar-refractivity contribution in [2.24, 2.45) is 10.2 Å². The molecule has 0 saturated carbocycles. The van der Waals surface area contributed by atoms with Crippen LogP contribution in [0.25, 0.3) is 0 Å². The molecule has 2 heterocycles. The lowest BCUT2D eigenvalue weighted by Crippen LogP contribution is -2.19. The third-order valence-electron chi connectivity index (χ3n) is 4.70. The lowest BCUT2D eigenvalue weighted by molar-refractivity contribution is -0.116. The number of ether oxygens (including phenoxy) is 1. The first-order valence-electron chi connectivity index (χ1n) is 9.59. The van der Waals surface area contributed by atoms with Crippen LogP contribution >= 0.6 is 0 Å². The standard InChI is InChI=1S/C22H23N5O3/c1-4-5-10-22(26-27-22)11-8-20(28)25-16-7-6-15(2)19(13-16)30-17-9-12-24-18(14-17)21(29)23-3/h1,6-7,9,12-14H,5,8,10-11H2,2-3H3,(H,23,29)(H,25,28). The summed E-state index contributed by atoms with van der Waals surface area (Å²) in [5, 5.41) is 13.5. The Bertz CT molecular complexity index is 1020. The number of nitrogens with zero attached hydrogens (tertiary/aromatic N) is 3. The highest BCUT2D eigenvalue weighted by atomic mass is 16.5. The van der Waals surface area contributed by atoms with Gasteiger partial charge in [-0.3, -0.25) is 14.6 Å². The Morgan fingerprint density at radius 3 is 2.70 bits per heavy atom. The van der Waals surface area contributed by atoms with Crippen molar-refractivity contribution in [1.29, 1.82) is 0 Å². The fourth-order valence-corrected chi connectivity index (χ4v) is 2.85. The van der Waals surface area contributed by atoms with Crippen LogP contribution in [0, 0.1) is 19.3 Å². The number of carbonyl (C=O) groups is 2. The van der Waals surface area contributed by atoms with Crippen LogP contribution in [-0.2, 0) is 4.79 Å². The molecule has 0 aliphatic carbocycles. The summed E-state index contributed by atoms with van der Waals surface area (Å²) in [6, 6.07) is 8.62. The van der Waals surface area contributed by atoms with Gasteiger partial charge in [-0.25, -0.2) is 0 Å². The number of hydrogen-bond acceptors (Lipinski definition) is 6. The van der Waals surface area contributed by atoms with E-state index in [1.54, 1.807) is 18.2 Å². The lowest BCUT2D eigenvalue weighted by Gasteiger charge is -2.13. The van der Waals surface area contributed by atoms with Crippen LogP contribution in [0.4, 0.5) is 5.69 Å². The van der Waals surface area contributed by atoms with Crippen molar-refractivity contribution in [3.8, 4) is 23.8 Å². The molecule has 8 heteroatoms. The summed E-state index contributed by atoms with van der Waals surface area (Å²) in [5.41, 5.74) is 1.28. The topological polar surface area (TPSA) is 105 Å². The maximum absolute atomic E-state index is 12.3. The molecule has 3 rings (SSSR count). The third-order valence-corrected chi connectivity index (χ3v) is 4.70. The van der Waals surface area contributed by atoms with Gasteiger partial charge in [0.2, 0.25) is 5.91 Å². The molecule has 0 unspecified atom stereocenters. The van der Waals surface area contributed by atoms with Gasteiger partial charge in [0.25, 0.3) is 5.91 Å². The summed E-state index contributed by atoms with van der Waals surface area (Å²) in [6.45, 7) is 1.90. The molecule has 0 spiro atoms. The normalized spacial score (nSPS) is 13.2. The monoisotopic (exact) mass is 405 g/mol. The number of terminal acetylenes is 1. The Kier molecular flexibility index (Phi) is 6.42. The molecule has 0 atom stereocenters. The maximum atomic E-state index is 12.3. The Labute approximate surface area is 175 Å². The van der Waals surface area contributed by atoms with Gasteiger partial charge in [0.15, 0.2) is 5.66 Å². The Morgan fingerprint density at radius 1 is 1.20 bits per heavy atom. The van der Waals surface area contributed by atoms with Crippen molar-refractivity contribution in [2.75, 3.05) is 12.4 Å². The van der Waals surface area contributed by atoms with E-state index in [1.165, 1.54) is 13.2 Å². The second-order valence-corrected chi connectivity index (χ2v) is 6.97. The molecule has 30 heavy (non-hydrogen) atoms. The van der Waals surface area contributed by atoms with Gasteiger partial charge >= 0.3 is 0 Å². The zero-order valence-corrected chi connectivity index (χ0v) is 16.9. The quantitative estimate of drug-likeness (QED) is 0.618. The minimum absolute atomic E-state index is 0.131. The average Bonchev–Trinajstić information content (AvgIpc) is 3.53. The highest BCUT2D eigenvalue weighted by Gasteiger charge is 2.39. The van der Waals surface area contributed by atoms with E-state index >= 15 is 0 Å². The molecular weight excluding hydrogens is 382 g/mol. The predicted octanol–water partition coefficient (Wildman–Crippen LogP) is 3.84. The van der Waals surface area contributed by atoms with Gasteiger partial charge in [0.05, 0.1) is 0 Å². The molecule has 1 aliphatic heterocycles. The molecule has 0 fully saturated rings. The van der Waals surface area contributed by atoms with E-state index < -0.39 is 5.66 Å². The van der Waals surface area contributed by atoms with Gasteiger partial charge in [-0.1, -0.05) is 6.07 Å². The number of benzene rings is 1. The summed E-state index contributed by atoms with van der Waals surface area (Å²) < 4.78 is 5.92. The molecule has 2 amide bonds. The molecule has 1 aliphatic rings. The minimum Gasteiger partial charge on any atom is -0.457 e. The van der Waals surface area contributed by atoms with Crippen LogP contribution in [0.1, 0.15) is 41.7 Å². The molecule has 2 N–H and O–H groups in total. The van der Waals surface area contributed by atoms with Crippen LogP contribution in [0.15, 0.2) is 46.8 Å². The van der Waals surface area contributed by atoms with Crippen molar-refractivity contribution in [3.05, 3.63) is 47.8 Å². The second-order valence-electron chi connectivity index (χ2n) is 6.97. The SMILES string of the molecule is C#CCCC1(CCC(=O)Nc2ccc(C)c(Oc3ccnc(C(=O)NC)c3)c2)N=N1. The molecule has 2 aromatic rings. The van der Waals surface area contributed by atoms with Crippen LogP contribution in [-0.4, -0.2) is 29.5 Å². The first-order chi connectivity index (χ1) is 14.4. The highest BCUT2D eigenvalue weighted by molar-refractivity contribution is 5.92. The first-order valence-corrected chi connectivity index (χ1v) is 9.59. The zero-order valence-electron chi connectivity index (χ0n) is 16.9. The average molecular weight is 405 g/mol. The Balaban J connectivity index is 1.62. The maximum Gasteiger partial charge on any atom is 0.269 e. The summed E-state index contributed by atoms with van der Waals surface area (Å²) in [7, 11) is 1.54. The van der Waals surface area contributed by atoms with E-state index in [-0.39, 0.29) is 17.5 Å². The van der Waals surface area contributed by atoms with Gasteiger partial charge in [-0.15, -0.1) is 12.3 Å². The van der Waals surface area contributed by atoms with Crippen molar-refractivity contribution in [2.45, 2.75) is 38.3 Å². The van der Waals surface area contributed by atoms with E-state index in [0.29, 0.717) is 42.9 Å². The number of aromatic nitrogens is 1. The van der Waals surface area contributed by atoms with Crippen molar-refractivity contribution >= 4 is 17.5 Å². The van der Waals surface area contributed by atoms with Gasteiger partial charge in [0, 0.05) is 56.7 Å². The number of hydrogen-bond donors (Lipinski definition) is 2. The fraction of sp³-hybridized carbons (Fsp3) is 0.318. The molecule has 1 aromatic carbocycles. The zero-order chi connectivity index (χ0) is 21.6. The van der Waals surface area contributed by atoms with Gasteiger partial charge < -0.3 is 15.4 Å². The van der Waals surface area contributed by atoms with Crippen molar-refractivity contribution in [3.63, 3.8) is 0 Å².